The fourth-order valence-electron chi connectivity index (χ4n) is 2.24. The third-order valence-corrected chi connectivity index (χ3v) is 2.88. The molecule has 0 radical (unpaired) electrons. The highest BCUT2D eigenvalue weighted by atomic mass is 19.2. The fraction of sp³-hybridized carbons (Fsp3) is 0.273. The largest absolute Gasteiger partial charge is 0.215 e. The van der Waals surface area contributed by atoms with Crippen LogP contribution in [0.1, 0.15) is 6.42 Å². The lowest BCUT2D eigenvalue weighted by Gasteiger charge is -2.18. The van der Waals surface area contributed by atoms with Crippen molar-refractivity contribution < 1.29 is 4.48 Å². The van der Waals surface area contributed by atoms with Crippen molar-refractivity contribution in [2.75, 3.05) is 6.54 Å². The number of fused-ring (bicyclic) bond motifs is 2. The van der Waals surface area contributed by atoms with Gasteiger partial charge in [-0.15, -0.1) is 4.48 Å². The van der Waals surface area contributed by atoms with E-state index >= 15 is 0 Å². The fourth-order valence-corrected chi connectivity index (χ4v) is 2.24. The first-order valence-electron chi connectivity index (χ1n) is 4.61. The Morgan fingerprint density at radius 2 is 2.31 bits per heavy atom. The molecule has 3 rings (SSSR count). The van der Waals surface area contributed by atoms with Gasteiger partial charge in [-0.1, -0.05) is 30.4 Å². The van der Waals surface area contributed by atoms with Gasteiger partial charge < -0.3 is 0 Å². The molecule has 1 heterocycles. The lowest BCUT2D eigenvalue weighted by atomic mass is 9.92. The van der Waals surface area contributed by atoms with Crippen molar-refractivity contribution in [3.63, 3.8) is 0 Å². The van der Waals surface area contributed by atoms with Gasteiger partial charge in [-0.3, -0.25) is 0 Å². The van der Waals surface area contributed by atoms with E-state index in [1.165, 1.54) is 0 Å². The van der Waals surface area contributed by atoms with E-state index < -0.39 is 0 Å². The number of nitrogens with zero attached hydrogens (tertiary/aromatic N) is 1. The van der Waals surface area contributed by atoms with Crippen LogP contribution >= 0.6 is 0 Å². The van der Waals surface area contributed by atoms with Crippen LogP contribution in [0, 0.1) is 5.92 Å². The van der Waals surface area contributed by atoms with Gasteiger partial charge in [-0.25, -0.2) is 5.12 Å². The zero-order chi connectivity index (χ0) is 8.84. The predicted molar refractivity (Wildman–Crippen MR) is 49.3 cm³/mol. The third-order valence-electron chi connectivity index (χ3n) is 2.88. The van der Waals surface area contributed by atoms with Crippen LogP contribution in [-0.4, -0.2) is 11.7 Å². The topological polar surface area (TPSA) is 3.24 Å². The van der Waals surface area contributed by atoms with Crippen LogP contribution in [0.5, 0.6) is 0 Å². The summed E-state index contributed by atoms with van der Waals surface area (Å²) in [6.45, 7) is 0.537. The monoisotopic (exact) mass is 175 g/mol. The van der Waals surface area contributed by atoms with E-state index in [1.54, 1.807) is 0 Å². The number of halogens is 1. The maximum Gasteiger partial charge on any atom is 0.0609 e. The van der Waals surface area contributed by atoms with E-state index in [9.17, 15) is 4.48 Å². The van der Waals surface area contributed by atoms with Crippen molar-refractivity contribution in [3.05, 3.63) is 47.2 Å². The summed E-state index contributed by atoms with van der Waals surface area (Å²) in [5.41, 5.74) is 3.09. The minimum Gasteiger partial charge on any atom is -0.215 e. The molecule has 0 amide bonds. The molecule has 1 fully saturated rings. The second-order valence-corrected chi connectivity index (χ2v) is 3.62. The molecule has 66 valence electrons. The molecular formula is C11H10FN. The molecule has 0 bridgehead atoms. The summed E-state index contributed by atoms with van der Waals surface area (Å²) >= 11 is 0. The van der Waals surface area contributed by atoms with Crippen LogP contribution in [0.4, 0.5) is 4.48 Å². The van der Waals surface area contributed by atoms with E-state index in [0.29, 0.717) is 12.5 Å². The maximum atomic E-state index is 13.4. The minimum absolute atomic E-state index is 0.305. The molecule has 1 aliphatic heterocycles. The highest BCUT2D eigenvalue weighted by Gasteiger charge is 2.32. The lowest BCUT2D eigenvalue weighted by molar-refractivity contribution is 0.0911. The number of hydrogen-bond donors (Lipinski definition) is 0. The van der Waals surface area contributed by atoms with Crippen LogP contribution in [0.25, 0.3) is 0 Å². The average molecular weight is 175 g/mol. The summed E-state index contributed by atoms with van der Waals surface area (Å²) in [7, 11) is 0. The summed E-state index contributed by atoms with van der Waals surface area (Å²) in [5, 5.41) is 0.896. The van der Waals surface area contributed by atoms with E-state index in [-0.39, 0.29) is 0 Å². The Hall–Kier alpha value is -1.31. The molecule has 3 aliphatic rings. The van der Waals surface area contributed by atoms with Crippen molar-refractivity contribution in [2.24, 2.45) is 5.92 Å². The maximum absolute atomic E-state index is 13.4. The van der Waals surface area contributed by atoms with Gasteiger partial charge >= 0.3 is 0 Å². The molecule has 13 heavy (non-hydrogen) atoms. The van der Waals surface area contributed by atoms with Crippen LogP contribution in [0.15, 0.2) is 47.2 Å². The first-order valence-corrected chi connectivity index (χ1v) is 4.61. The van der Waals surface area contributed by atoms with Crippen LogP contribution < -0.4 is 0 Å². The SMILES string of the molecule is FN1CCC2C=CC3=CC=CC3=C21. The van der Waals surface area contributed by atoms with Gasteiger partial charge in [0.05, 0.1) is 12.2 Å². The van der Waals surface area contributed by atoms with Gasteiger partial charge in [0.25, 0.3) is 0 Å². The van der Waals surface area contributed by atoms with Crippen molar-refractivity contribution in [3.8, 4) is 0 Å². The lowest BCUT2D eigenvalue weighted by Crippen LogP contribution is -2.11. The summed E-state index contributed by atoms with van der Waals surface area (Å²) in [6.07, 6.45) is 11.1. The molecule has 0 aromatic heterocycles. The van der Waals surface area contributed by atoms with Gasteiger partial charge in [0, 0.05) is 11.5 Å². The number of allylic oxidation sites excluding steroid dienone is 7. The quantitative estimate of drug-likeness (QED) is 0.511. The Balaban J connectivity index is 2.17. The zero-order valence-corrected chi connectivity index (χ0v) is 7.20. The van der Waals surface area contributed by atoms with Crippen molar-refractivity contribution in [1.29, 1.82) is 0 Å². The highest BCUT2D eigenvalue weighted by Crippen LogP contribution is 2.40. The standard InChI is InChI=1S/C11H10FN/c12-13-7-6-9-5-4-8-2-1-3-10(8)11(9)13/h1-5,9H,6-7H2. The first-order chi connectivity index (χ1) is 6.36. The van der Waals surface area contributed by atoms with Gasteiger partial charge in [-0.05, 0) is 12.0 Å². The third kappa shape index (κ3) is 0.857. The van der Waals surface area contributed by atoms with Gasteiger partial charge in [0.1, 0.15) is 0 Å². The zero-order valence-electron chi connectivity index (χ0n) is 7.20. The molecule has 0 aromatic rings. The van der Waals surface area contributed by atoms with Crippen LogP contribution in [-0.2, 0) is 0 Å². The predicted octanol–water partition coefficient (Wildman–Crippen LogP) is 2.51. The second-order valence-electron chi connectivity index (χ2n) is 3.62. The second kappa shape index (κ2) is 2.34. The minimum atomic E-state index is 0.305. The Morgan fingerprint density at radius 1 is 1.38 bits per heavy atom. The summed E-state index contributed by atoms with van der Waals surface area (Å²) < 4.78 is 13.4. The summed E-state index contributed by atoms with van der Waals surface area (Å²) in [4.78, 5) is 0. The van der Waals surface area contributed by atoms with E-state index in [2.05, 4.69) is 12.2 Å². The highest BCUT2D eigenvalue weighted by molar-refractivity contribution is 5.59. The smallest absolute Gasteiger partial charge is 0.0609 e. The number of rotatable bonds is 0. The van der Waals surface area contributed by atoms with Gasteiger partial charge in [-0.2, -0.15) is 0 Å². The molecule has 0 N–H and O–H groups in total. The molecule has 0 spiro atoms. The Bertz CT molecular complexity index is 374. The molecule has 0 aromatic carbocycles. The van der Waals surface area contributed by atoms with Crippen molar-refractivity contribution in [1.82, 2.24) is 5.12 Å². The Morgan fingerprint density at radius 3 is 3.23 bits per heavy atom. The Labute approximate surface area is 76.5 Å². The summed E-state index contributed by atoms with van der Waals surface area (Å²) in [5.74, 6) is 0.305. The van der Waals surface area contributed by atoms with Crippen LogP contribution in [0.2, 0.25) is 0 Å². The van der Waals surface area contributed by atoms with Gasteiger partial charge in [0.2, 0.25) is 0 Å². The molecular weight excluding hydrogens is 165 g/mol. The first kappa shape index (κ1) is 7.13. The molecule has 1 saturated heterocycles. The van der Waals surface area contributed by atoms with Crippen molar-refractivity contribution in [2.45, 2.75) is 6.42 Å². The average Bonchev–Trinajstić information content (AvgIpc) is 2.70. The molecule has 1 unspecified atom stereocenters. The number of hydrogen-bond acceptors (Lipinski definition) is 1. The van der Waals surface area contributed by atoms with Gasteiger partial charge in [0.15, 0.2) is 0 Å². The van der Waals surface area contributed by atoms with E-state index in [4.69, 9.17) is 0 Å². The molecule has 2 aliphatic carbocycles. The van der Waals surface area contributed by atoms with E-state index in [0.717, 1.165) is 28.4 Å². The Kier molecular flexibility index (Phi) is 1.29. The summed E-state index contributed by atoms with van der Waals surface area (Å²) in [6, 6.07) is 0. The van der Waals surface area contributed by atoms with Crippen LogP contribution in [0.3, 0.4) is 0 Å². The van der Waals surface area contributed by atoms with Crippen molar-refractivity contribution >= 4 is 0 Å². The van der Waals surface area contributed by atoms with E-state index in [1.807, 2.05) is 18.2 Å². The molecule has 0 saturated carbocycles. The molecule has 1 nitrogen and oxygen atoms in total. The normalized spacial score (nSPS) is 29.5. The molecule has 1 atom stereocenters. The molecule has 2 heteroatoms.